The highest BCUT2D eigenvalue weighted by atomic mass is 32.1. The Labute approximate surface area is 124 Å². The smallest absolute Gasteiger partial charge is 0.269 e. The van der Waals surface area contributed by atoms with Crippen molar-refractivity contribution >= 4 is 32.9 Å². The molecule has 0 aliphatic heterocycles. The number of hydrogen-bond acceptors (Lipinski definition) is 4. The number of aromatic nitrogens is 2. The molecule has 3 rings (SSSR count). The second kappa shape index (κ2) is 5.47. The summed E-state index contributed by atoms with van der Waals surface area (Å²) in [5.41, 5.74) is 0.766. The van der Waals surface area contributed by atoms with Crippen LogP contribution >= 0.6 is 22.7 Å². The summed E-state index contributed by atoms with van der Waals surface area (Å²) < 4.78 is 0.706. The lowest BCUT2D eigenvalue weighted by atomic mass is 10.2. The van der Waals surface area contributed by atoms with Crippen molar-refractivity contribution in [2.45, 2.75) is 19.5 Å². The van der Waals surface area contributed by atoms with Crippen molar-refractivity contribution in [1.82, 2.24) is 9.97 Å². The minimum Gasteiger partial charge on any atom is -0.324 e. The number of thiophene rings is 2. The first-order chi connectivity index (χ1) is 9.65. The van der Waals surface area contributed by atoms with Crippen LogP contribution in [0, 0.1) is 0 Å². The fourth-order valence-electron chi connectivity index (χ4n) is 2.20. The summed E-state index contributed by atoms with van der Waals surface area (Å²) in [5.74, 6) is 0.752. The number of nitrogens with zero attached hydrogens (tertiary/aromatic N) is 1. The van der Waals surface area contributed by atoms with Gasteiger partial charge in [0.15, 0.2) is 5.82 Å². The van der Waals surface area contributed by atoms with Crippen molar-refractivity contribution < 1.29 is 4.90 Å². The molecular formula is C14H16N3OS2+. The molecule has 1 unspecified atom stereocenters. The van der Waals surface area contributed by atoms with E-state index in [1.807, 2.05) is 11.4 Å². The SMILES string of the molecule is C[C@@H](c1cccs1)[NH+](C)Cc1nc2ccsc2c(=O)[nH]1. The van der Waals surface area contributed by atoms with Crippen LogP contribution in [0.3, 0.4) is 0 Å². The van der Waals surface area contributed by atoms with Gasteiger partial charge in [-0.15, -0.1) is 22.7 Å². The molecule has 0 radical (unpaired) electrons. The Balaban J connectivity index is 1.83. The van der Waals surface area contributed by atoms with Crippen LogP contribution in [-0.2, 0) is 6.54 Å². The summed E-state index contributed by atoms with van der Waals surface area (Å²) in [5, 5.41) is 4.00. The zero-order valence-electron chi connectivity index (χ0n) is 11.3. The fraction of sp³-hybridized carbons (Fsp3) is 0.286. The topological polar surface area (TPSA) is 50.2 Å². The molecule has 0 bridgehead atoms. The number of rotatable bonds is 4. The quantitative estimate of drug-likeness (QED) is 0.772. The van der Waals surface area contributed by atoms with E-state index in [1.54, 1.807) is 11.3 Å². The Morgan fingerprint density at radius 1 is 1.35 bits per heavy atom. The average molecular weight is 306 g/mol. The third-order valence-electron chi connectivity index (χ3n) is 3.52. The molecule has 3 aromatic rings. The summed E-state index contributed by atoms with van der Waals surface area (Å²) in [7, 11) is 2.13. The first-order valence-electron chi connectivity index (χ1n) is 6.47. The van der Waals surface area contributed by atoms with Gasteiger partial charge in [0, 0.05) is 0 Å². The van der Waals surface area contributed by atoms with Crippen molar-refractivity contribution in [2.24, 2.45) is 0 Å². The first-order valence-corrected chi connectivity index (χ1v) is 8.23. The maximum Gasteiger partial charge on any atom is 0.269 e. The van der Waals surface area contributed by atoms with Crippen molar-refractivity contribution in [3.63, 3.8) is 0 Å². The third kappa shape index (κ3) is 2.54. The van der Waals surface area contributed by atoms with Gasteiger partial charge in [0.25, 0.3) is 5.56 Å². The lowest BCUT2D eigenvalue weighted by Gasteiger charge is -2.20. The van der Waals surface area contributed by atoms with Crippen LogP contribution in [0.5, 0.6) is 0 Å². The summed E-state index contributed by atoms with van der Waals surface area (Å²) in [6, 6.07) is 6.51. The predicted octanol–water partition coefficient (Wildman–Crippen LogP) is 1.82. The van der Waals surface area contributed by atoms with Crippen LogP contribution in [-0.4, -0.2) is 17.0 Å². The van der Waals surface area contributed by atoms with Crippen molar-refractivity contribution in [1.29, 1.82) is 0 Å². The third-order valence-corrected chi connectivity index (χ3v) is 5.48. The molecular weight excluding hydrogens is 290 g/mol. The van der Waals surface area contributed by atoms with E-state index in [0.29, 0.717) is 17.3 Å². The lowest BCUT2D eigenvalue weighted by Crippen LogP contribution is -3.07. The maximum atomic E-state index is 11.9. The number of fused-ring (bicyclic) bond motifs is 1. The molecule has 20 heavy (non-hydrogen) atoms. The van der Waals surface area contributed by atoms with Gasteiger partial charge in [0.2, 0.25) is 0 Å². The molecule has 3 heterocycles. The van der Waals surface area contributed by atoms with Crippen LogP contribution in [0.25, 0.3) is 10.2 Å². The number of aromatic amines is 1. The van der Waals surface area contributed by atoms with Gasteiger partial charge in [-0.3, -0.25) is 4.79 Å². The average Bonchev–Trinajstić information content (AvgIpc) is 3.08. The molecule has 0 amide bonds. The monoisotopic (exact) mass is 306 g/mol. The first kappa shape index (κ1) is 13.5. The van der Waals surface area contributed by atoms with Gasteiger partial charge >= 0.3 is 0 Å². The number of hydrogen-bond donors (Lipinski definition) is 2. The zero-order chi connectivity index (χ0) is 14.1. The number of nitrogens with one attached hydrogen (secondary N) is 2. The van der Waals surface area contributed by atoms with Gasteiger partial charge in [0.05, 0.1) is 17.4 Å². The molecule has 6 heteroatoms. The van der Waals surface area contributed by atoms with Gasteiger partial charge in [-0.25, -0.2) is 4.98 Å². The summed E-state index contributed by atoms with van der Waals surface area (Å²) >= 11 is 3.20. The van der Waals surface area contributed by atoms with E-state index in [0.717, 1.165) is 11.3 Å². The molecule has 0 saturated carbocycles. The van der Waals surface area contributed by atoms with Crippen LogP contribution < -0.4 is 10.5 Å². The molecule has 0 aromatic carbocycles. The van der Waals surface area contributed by atoms with Gasteiger partial charge in [-0.2, -0.15) is 0 Å². The van der Waals surface area contributed by atoms with Crippen LogP contribution in [0.2, 0.25) is 0 Å². The number of H-pyrrole nitrogens is 1. The number of quaternary nitrogens is 1. The van der Waals surface area contributed by atoms with Crippen LogP contribution in [0.15, 0.2) is 33.8 Å². The molecule has 0 fully saturated rings. The molecule has 104 valence electrons. The van der Waals surface area contributed by atoms with E-state index in [-0.39, 0.29) is 5.56 Å². The Morgan fingerprint density at radius 3 is 2.95 bits per heavy atom. The standard InChI is InChI=1S/C14H15N3OS2/c1-9(11-4-3-6-19-11)17(2)8-12-15-10-5-7-20-13(10)14(18)16-12/h3-7,9H,8H2,1-2H3,(H,15,16,18)/p+1/t9-/m0/s1. The Morgan fingerprint density at radius 2 is 2.20 bits per heavy atom. The molecule has 0 spiro atoms. The van der Waals surface area contributed by atoms with Crippen molar-refractivity contribution in [3.05, 3.63) is 50.0 Å². The van der Waals surface area contributed by atoms with E-state index < -0.39 is 0 Å². The molecule has 0 aliphatic rings. The Kier molecular flexibility index (Phi) is 3.69. The van der Waals surface area contributed by atoms with Gasteiger partial charge in [-0.05, 0) is 29.8 Å². The van der Waals surface area contributed by atoms with Gasteiger partial charge < -0.3 is 9.88 Å². The second-order valence-corrected chi connectivity index (χ2v) is 6.80. The van der Waals surface area contributed by atoms with Crippen LogP contribution in [0.4, 0.5) is 0 Å². The molecule has 0 aliphatic carbocycles. The zero-order valence-corrected chi connectivity index (χ0v) is 13.0. The molecule has 2 N–H and O–H groups in total. The highest BCUT2D eigenvalue weighted by Crippen LogP contribution is 2.16. The summed E-state index contributed by atoms with van der Waals surface area (Å²) in [6.45, 7) is 2.91. The highest BCUT2D eigenvalue weighted by molar-refractivity contribution is 7.17. The lowest BCUT2D eigenvalue weighted by molar-refractivity contribution is -0.924. The van der Waals surface area contributed by atoms with Crippen molar-refractivity contribution in [2.75, 3.05) is 7.05 Å². The molecule has 2 atom stereocenters. The Bertz CT molecular complexity index is 760. The van der Waals surface area contributed by atoms with Gasteiger partial charge in [-0.1, -0.05) is 6.07 Å². The van der Waals surface area contributed by atoms with Crippen molar-refractivity contribution in [3.8, 4) is 0 Å². The van der Waals surface area contributed by atoms with E-state index in [2.05, 4.69) is 41.5 Å². The normalized spacial score (nSPS) is 14.5. The second-order valence-electron chi connectivity index (χ2n) is 4.91. The largest absolute Gasteiger partial charge is 0.324 e. The van der Waals surface area contributed by atoms with E-state index in [1.165, 1.54) is 21.1 Å². The minimum absolute atomic E-state index is 0.0309. The van der Waals surface area contributed by atoms with E-state index in [9.17, 15) is 4.79 Å². The summed E-state index contributed by atoms with van der Waals surface area (Å²) in [4.78, 5) is 22.0. The maximum absolute atomic E-state index is 11.9. The van der Waals surface area contributed by atoms with Gasteiger partial charge in [0.1, 0.15) is 17.3 Å². The minimum atomic E-state index is -0.0309. The Hall–Kier alpha value is -1.50. The summed E-state index contributed by atoms with van der Waals surface area (Å²) in [6.07, 6.45) is 0. The molecule has 4 nitrogen and oxygen atoms in total. The van der Waals surface area contributed by atoms with E-state index in [4.69, 9.17) is 0 Å². The van der Waals surface area contributed by atoms with Crippen LogP contribution in [0.1, 0.15) is 23.7 Å². The fourth-order valence-corrected chi connectivity index (χ4v) is 3.81. The molecule has 0 saturated heterocycles. The highest BCUT2D eigenvalue weighted by Gasteiger charge is 2.18. The van der Waals surface area contributed by atoms with E-state index >= 15 is 0 Å². The predicted molar refractivity (Wildman–Crippen MR) is 83.6 cm³/mol. The molecule has 3 aromatic heterocycles.